The summed E-state index contributed by atoms with van der Waals surface area (Å²) in [5.74, 6) is -2.38. The molecule has 2 rings (SSSR count). The van der Waals surface area contributed by atoms with Crippen molar-refractivity contribution in [3.8, 4) is 17.1 Å². The summed E-state index contributed by atoms with van der Waals surface area (Å²) in [5.41, 5.74) is 0.0446. The van der Waals surface area contributed by atoms with E-state index in [0.717, 1.165) is 6.07 Å². The number of nitrogens with one attached hydrogen (secondary N) is 1. The summed E-state index contributed by atoms with van der Waals surface area (Å²) in [6.07, 6.45) is -4.96. The Morgan fingerprint density at radius 2 is 1.92 bits per heavy atom. The van der Waals surface area contributed by atoms with E-state index in [-0.39, 0.29) is 36.0 Å². The number of carboxylic acids is 1. The number of aliphatic carboxylic acids is 1. The van der Waals surface area contributed by atoms with Crippen molar-refractivity contribution >= 4 is 11.9 Å². The van der Waals surface area contributed by atoms with Gasteiger partial charge in [0.1, 0.15) is 11.5 Å². The summed E-state index contributed by atoms with van der Waals surface area (Å²) in [6, 6.07) is 8.07. The van der Waals surface area contributed by atoms with E-state index >= 15 is 0 Å². The molecule has 0 spiro atoms. The number of amides is 1. The highest BCUT2D eigenvalue weighted by Gasteiger charge is 2.32. The summed E-state index contributed by atoms with van der Waals surface area (Å²) in [4.78, 5) is 22.6. The average Bonchev–Trinajstić information content (AvgIpc) is 3.01. The standard InChI is InChI=1S/C17H16F3NO5/c1-10(8-15(22)23)9-21-16(24)14-7-6-12(25-14)11-4-2-3-5-13(11)26-17(18,19)20/h2-7,10H,8-9H2,1H3,(H,21,24)(H,22,23). The number of hydrogen-bond acceptors (Lipinski definition) is 4. The number of furan rings is 1. The second kappa shape index (κ2) is 7.94. The molecule has 9 heteroatoms. The lowest BCUT2D eigenvalue weighted by molar-refractivity contribution is -0.274. The minimum Gasteiger partial charge on any atom is -0.481 e. The van der Waals surface area contributed by atoms with Gasteiger partial charge in [-0.05, 0) is 30.2 Å². The summed E-state index contributed by atoms with van der Waals surface area (Å²) in [6.45, 7) is 1.78. The highest BCUT2D eigenvalue weighted by molar-refractivity contribution is 5.92. The maximum Gasteiger partial charge on any atom is 0.573 e. The van der Waals surface area contributed by atoms with E-state index < -0.39 is 24.0 Å². The van der Waals surface area contributed by atoms with Crippen LogP contribution in [0, 0.1) is 5.92 Å². The molecule has 1 unspecified atom stereocenters. The van der Waals surface area contributed by atoms with E-state index in [1.54, 1.807) is 6.92 Å². The fraction of sp³-hybridized carbons (Fsp3) is 0.294. The van der Waals surface area contributed by atoms with Gasteiger partial charge in [-0.1, -0.05) is 19.1 Å². The number of carbonyl (C=O) groups excluding carboxylic acids is 1. The van der Waals surface area contributed by atoms with Gasteiger partial charge in [0.05, 0.1) is 5.56 Å². The Morgan fingerprint density at radius 1 is 1.23 bits per heavy atom. The molecule has 2 N–H and O–H groups in total. The zero-order chi connectivity index (χ0) is 19.3. The van der Waals surface area contributed by atoms with Crippen LogP contribution in [0.15, 0.2) is 40.8 Å². The molecule has 1 amide bonds. The van der Waals surface area contributed by atoms with Crippen molar-refractivity contribution in [3.63, 3.8) is 0 Å². The van der Waals surface area contributed by atoms with Gasteiger partial charge in [0.15, 0.2) is 5.76 Å². The summed E-state index contributed by atoms with van der Waals surface area (Å²) < 4.78 is 46.7. The van der Waals surface area contributed by atoms with Crippen molar-refractivity contribution in [2.75, 3.05) is 6.54 Å². The normalized spacial score (nSPS) is 12.5. The van der Waals surface area contributed by atoms with Gasteiger partial charge in [-0.25, -0.2) is 0 Å². The zero-order valence-electron chi connectivity index (χ0n) is 13.7. The van der Waals surface area contributed by atoms with Crippen LogP contribution in [-0.4, -0.2) is 29.9 Å². The van der Waals surface area contributed by atoms with E-state index in [0.29, 0.717) is 0 Å². The average molecular weight is 371 g/mol. The van der Waals surface area contributed by atoms with E-state index in [2.05, 4.69) is 10.1 Å². The predicted molar refractivity (Wildman–Crippen MR) is 84.6 cm³/mol. The molecule has 1 atom stereocenters. The van der Waals surface area contributed by atoms with E-state index in [1.807, 2.05) is 0 Å². The van der Waals surface area contributed by atoms with Crippen LogP contribution in [0.1, 0.15) is 23.9 Å². The van der Waals surface area contributed by atoms with Crippen molar-refractivity contribution in [3.05, 3.63) is 42.2 Å². The van der Waals surface area contributed by atoms with Crippen molar-refractivity contribution in [2.24, 2.45) is 5.92 Å². The second-order valence-electron chi connectivity index (χ2n) is 5.62. The highest BCUT2D eigenvalue weighted by atomic mass is 19.4. The van der Waals surface area contributed by atoms with Gasteiger partial charge < -0.3 is 19.6 Å². The lowest BCUT2D eigenvalue weighted by Crippen LogP contribution is -2.28. The van der Waals surface area contributed by atoms with Crippen molar-refractivity contribution in [1.82, 2.24) is 5.32 Å². The summed E-state index contributed by atoms with van der Waals surface area (Å²) in [7, 11) is 0. The van der Waals surface area contributed by atoms with Crippen LogP contribution in [0.2, 0.25) is 0 Å². The van der Waals surface area contributed by atoms with Crippen LogP contribution in [0.25, 0.3) is 11.3 Å². The minimum absolute atomic E-state index is 0.0357. The fourth-order valence-corrected chi connectivity index (χ4v) is 2.21. The fourth-order valence-electron chi connectivity index (χ4n) is 2.21. The number of halogens is 3. The Labute approximate surface area is 146 Å². The number of rotatable bonds is 7. The van der Waals surface area contributed by atoms with E-state index in [9.17, 15) is 22.8 Å². The molecule has 0 bridgehead atoms. The molecule has 1 heterocycles. The Hall–Kier alpha value is -2.97. The molecule has 26 heavy (non-hydrogen) atoms. The lowest BCUT2D eigenvalue weighted by atomic mass is 10.1. The molecule has 0 aliphatic heterocycles. The largest absolute Gasteiger partial charge is 0.573 e. The van der Waals surface area contributed by atoms with Gasteiger partial charge in [0.2, 0.25) is 0 Å². The molecule has 140 valence electrons. The van der Waals surface area contributed by atoms with Gasteiger partial charge in [0, 0.05) is 13.0 Å². The van der Waals surface area contributed by atoms with Gasteiger partial charge >= 0.3 is 12.3 Å². The van der Waals surface area contributed by atoms with Crippen molar-refractivity contribution in [2.45, 2.75) is 19.7 Å². The van der Waals surface area contributed by atoms with E-state index in [4.69, 9.17) is 9.52 Å². The van der Waals surface area contributed by atoms with Gasteiger partial charge in [-0.15, -0.1) is 13.2 Å². The van der Waals surface area contributed by atoms with E-state index in [1.165, 1.54) is 30.3 Å². The first-order valence-corrected chi connectivity index (χ1v) is 7.60. The second-order valence-corrected chi connectivity index (χ2v) is 5.62. The summed E-state index contributed by atoms with van der Waals surface area (Å²) in [5, 5.41) is 11.2. The number of alkyl halides is 3. The first-order valence-electron chi connectivity index (χ1n) is 7.60. The molecule has 1 aromatic heterocycles. The molecule has 0 aliphatic carbocycles. The quantitative estimate of drug-likeness (QED) is 0.775. The third kappa shape index (κ3) is 5.54. The van der Waals surface area contributed by atoms with Gasteiger partial charge in [-0.2, -0.15) is 0 Å². The third-order valence-electron chi connectivity index (χ3n) is 3.34. The number of para-hydroxylation sites is 1. The van der Waals surface area contributed by atoms with Gasteiger partial charge in [-0.3, -0.25) is 9.59 Å². The maximum atomic E-state index is 12.5. The molecule has 0 saturated heterocycles. The van der Waals surface area contributed by atoms with Gasteiger partial charge in [0.25, 0.3) is 5.91 Å². The first-order chi connectivity index (χ1) is 12.2. The highest BCUT2D eigenvalue weighted by Crippen LogP contribution is 2.34. The molecular formula is C17H16F3NO5. The molecule has 0 saturated carbocycles. The van der Waals surface area contributed by atoms with Crippen LogP contribution < -0.4 is 10.1 Å². The smallest absolute Gasteiger partial charge is 0.481 e. The molecule has 2 aromatic rings. The topological polar surface area (TPSA) is 88.8 Å². The number of hydrogen-bond donors (Lipinski definition) is 2. The Morgan fingerprint density at radius 3 is 2.58 bits per heavy atom. The Bertz CT molecular complexity index is 785. The van der Waals surface area contributed by atoms with Crippen molar-refractivity contribution in [1.29, 1.82) is 0 Å². The predicted octanol–water partition coefficient (Wildman–Crippen LogP) is 3.69. The number of carbonyl (C=O) groups is 2. The van der Waals surface area contributed by atoms with Crippen molar-refractivity contribution < 1.29 is 37.0 Å². The molecule has 6 nitrogen and oxygen atoms in total. The number of carboxylic acid groups (broad SMARTS) is 1. The van der Waals surface area contributed by atoms with Crippen LogP contribution in [-0.2, 0) is 4.79 Å². The number of ether oxygens (including phenoxy) is 1. The molecule has 0 radical (unpaired) electrons. The SMILES string of the molecule is CC(CNC(=O)c1ccc(-c2ccccc2OC(F)(F)F)o1)CC(=O)O. The Balaban J connectivity index is 2.10. The molecular weight excluding hydrogens is 355 g/mol. The van der Waals surface area contributed by atoms with Crippen LogP contribution in [0.5, 0.6) is 5.75 Å². The van der Waals surface area contributed by atoms with Crippen LogP contribution >= 0.6 is 0 Å². The molecule has 0 fully saturated rings. The minimum atomic E-state index is -4.86. The Kier molecular flexibility index (Phi) is 5.91. The lowest BCUT2D eigenvalue weighted by Gasteiger charge is -2.11. The third-order valence-corrected chi connectivity index (χ3v) is 3.34. The monoisotopic (exact) mass is 371 g/mol. The zero-order valence-corrected chi connectivity index (χ0v) is 13.7. The van der Waals surface area contributed by atoms with Crippen LogP contribution in [0.4, 0.5) is 13.2 Å². The number of benzene rings is 1. The molecule has 0 aliphatic rings. The van der Waals surface area contributed by atoms with Crippen LogP contribution in [0.3, 0.4) is 0 Å². The maximum absolute atomic E-state index is 12.5. The summed E-state index contributed by atoms with van der Waals surface area (Å²) >= 11 is 0. The molecule has 1 aromatic carbocycles. The first kappa shape index (κ1) is 19.4.